The van der Waals surface area contributed by atoms with Crippen LogP contribution >= 0.6 is 0 Å². The first-order valence-electron chi connectivity index (χ1n) is 4.79. The molecule has 0 aliphatic carbocycles. The molecule has 0 atom stereocenters. The molecule has 1 heteroatoms. The van der Waals surface area contributed by atoms with Crippen molar-refractivity contribution < 1.29 is 4.39 Å². The van der Waals surface area contributed by atoms with Crippen LogP contribution in [0, 0.1) is 32.0 Å². The smallest absolute Gasteiger partial charge is 0.139 e. The fourth-order valence-corrected chi connectivity index (χ4v) is 1.98. The summed E-state index contributed by atoms with van der Waals surface area (Å²) < 4.78 is 13.5. The van der Waals surface area contributed by atoms with E-state index in [2.05, 4.69) is 5.92 Å². The van der Waals surface area contributed by atoms with E-state index in [4.69, 9.17) is 6.42 Å². The molecule has 0 saturated carbocycles. The minimum Gasteiger partial charge on any atom is -0.206 e. The van der Waals surface area contributed by atoms with Gasteiger partial charge >= 0.3 is 0 Å². The number of fused-ring (bicyclic) bond motifs is 1. The zero-order chi connectivity index (χ0) is 11.0. The Morgan fingerprint density at radius 2 is 1.93 bits per heavy atom. The second-order valence-corrected chi connectivity index (χ2v) is 3.75. The molecular formula is C14H11F. The van der Waals surface area contributed by atoms with Gasteiger partial charge in [0.2, 0.25) is 0 Å². The van der Waals surface area contributed by atoms with Gasteiger partial charge in [0.15, 0.2) is 0 Å². The third-order valence-corrected chi connectivity index (χ3v) is 2.55. The second-order valence-electron chi connectivity index (χ2n) is 3.75. The predicted octanol–water partition coefficient (Wildman–Crippen LogP) is 3.58. The molecule has 15 heavy (non-hydrogen) atoms. The minimum atomic E-state index is -0.322. The zero-order valence-electron chi connectivity index (χ0n) is 8.76. The minimum absolute atomic E-state index is 0.322. The van der Waals surface area contributed by atoms with Crippen LogP contribution in [0.4, 0.5) is 4.39 Å². The molecule has 0 aliphatic rings. The lowest BCUT2D eigenvalue weighted by Gasteiger charge is -2.07. The fourth-order valence-electron chi connectivity index (χ4n) is 1.98. The predicted molar refractivity (Wildman–Crippen MR) is 61.3 cm³/mol. The van der Waals surface area contributed by atoms with Gasteiger partial charge in [0.25, 0.3) is 0 Å². The Morgan fingerprint density at radius 3 is 2.60 bits per heavy atom. The topological polar surface area (TPSA) is 0 Å². The first kappa shape index (κ1) is 9.73. The largest absolute Gasteiger partial charge is 0.206 e. The van der Waals surface area contributed by atoms with E-state index in [1.165, 1.54) is 6.07 Å². The molecule has 0 aliphatic heterocycles. The molecule has 0 bridgehead atoms. The molecule has 0 radical (unpaired) electrons. The lowest BCUT2D eigenvalue weighted by molar-refractivity contribution is 0.626. The molecule has 0 fully saturated rings. The van der Waals surface area contributed by atoms with E-state index in [0.717, 1.165) is 21.9 Å². The molecular weight excluding hydrogens is 187 g/mol. The molecule has 0 spiro atoms. The van der Waals surface area contributed by atoms with Crippen LogP contribution in [0.5, 0.6) is 0 Å². The lowest BCUT2D eigenvalue weighted by atomic mass is 9.98. The Bertz CT molecular complexity index is 574. The number of hydrogen-bond donors (Lipinski definition) is 0. The quantitative estimate of drug-likeness (QED) is 0.567. The van der Waals surface area contributed by atoms with Crippen molar-refractivity contribution in [1.29, 1.82) is 0 Å². The molecule has 0 heterocycles. The number of aryl methyl sites for hydroxylation is 2. The van der Waals surface area contributed by atoms with Crippen molar-refractivity contribution in [2.24, 2.45) is 0 Å². The van der Waals surface area contributed by atoms with Gasteiger partial charge in [0.05, 0.1) is 5.56 Å². The summed E-state index contributed by atoms with van der Waals surface area (Å²) in [5.41, 5.74) is 2.55. The van der Waals surface area contributed by atoms with Crippen LogP contribution in [-0.2, 0) is 0 Å². The Labute approximate surface area is 88.7 Å². The summed E-state index contributed by atoms with van der Waals surface area (Å²) in [6, 6.07) is 7.23. The molecule has 2 aromatic rings. The normalized spacial score (nSPS) is 10.3. The lowest BCUT2D eigenvalue weighted by Crippen LogP contribution is -1.90. The van der Waals surface area contributed by atoms with Crippen molar-refractivity contribution in [3.8, 4) is 12.3 Å². The summed E-state index contributed by atoms with van der Waals surface area (Å²) in [6.07, 6.45) is 5.33. The highest BCUT2D eigenvalue weighted by Gasteiger charge is 2.07. The number of benzene rings is 2. The van der Waals surface area contributed by atoms with Crippen molar-refractivity contribution in [2.75, 3.05) is 0 Å². The highest BCUT2D eigenvalue weighted by atomic mass is 19.1. The molecule has 0 amide bonds. The molecule has 0 aromatic heterocycles. The summed E-state index contributed by atoms with van der Waals surface area (Å²) in [6.45, 7) is 3.97. The summed E-state index contributed by atoms with van der Waals surface area (Å²) in [5, 5.41) is 1.85. The van der Waals surface area contributed by atoms with Crippen LogP contribution < -0.4 is 0 Å². The van der Waals surface area contributed by atoms with Gasteiger partial charge in [-0.15, -0.1) is 6.42 Å². The monoisotopic (exact) mass is 198 g/mol. The van der Waals surface area contributed by atoms with Gasteiger partial charge in [0, 0.05) is 5.39 Å². The third kappa shape index (κ3) is 1.49. The summed E-state index contributed by atoms with van der Waals surface area (Å²) in [5.74, 6) is 2.10. The van der Waals surface area contributed by atoms with Crippen LogP contribution in [0.3, 0.4) is 0 Å². The number of terminal acetylenes is 1. The van der Waals surface area contributed by atoms with E-state index in [1.54, 1.807) is 6.07 Å². The second kappa shape index (κ2) is 3.40. The van der Waals surface area contributed by atoms with Crippen molar-refractivity contribution >= 4 is 10.8 Å². The molecule has 0 unspecified atom stereocenters. The Morgan fingerprint density at radius 1 is 1.20 bits per heavy atom. The molecule has 0 saturated heterocycles. The van der Waals surface area contributed by atoms with Crippen molar-refractivity contribution in [3.63, 3.8) is 0 Å². The van der Waals surface area contributed by atoms with E-state index >= 15 is 0 Å². The summed E-state index contributed by atoms with van der Waals surface area (Å²) in [7, 11) is 0. The number of halogens is 1. The third-order valence-electron chi connectivity index (χ3n) is 2.55. The van der Waals surface area contributed by atoms with Gasteiger partial charge in [0.1, 0.15) is 5.82 Å². The van der Waals surface area contributed by atoms with Crippen LogP contribution in [0.25, 0.3) is 10.8 Å². The van der Waals surface area contributed by atoms with Gasteiger partial charge in [-0.1, -0.05) is 29.7 Å². The van der Waals surface area contributed by atoms with E-state index in [1.807, 2.05) is 26.0 Å². The van der Waals surface area contributed by atoms with E-state index in [9.17, 15) is 4.39 Å². The average Bonchev–Trinajstić information content (AvgIpc) is 2.18. The molecule has 2 aromatic carbocycles. The average molecular weight is 198 g/mol. The van der Waals surface area contributed by atoms with E-state index in [-0.39, 0.29) is 5.82 Å². The highest BCUT2D eigenvalue weighted by Crippen LogP contribution is 2.25. The zero-order valence-corrected chi connectivity index (χ0v) is 8.76. The highest BCUT2D eigenvalue weighted by molar-refractivity contribution is 5.91. The first-order valence-corrected chi connectivity index (χ1v) is 4.79. The van der Waals surface area contributed by atoms with Gasteiger partial charge in [-0.05, 0) is 30.9 Å². The van der Waals surface area contributed by atoms with Gasteiger partial charge < -0.3 is 0 Å². The van der Waals surface area contributed by atoms with Crippen LogP contribution in [0.2, 0.25) is 0 Å². The molecule has 74 valence electrons. The van der Waals surface area contributed by atoms with Gasteiger partial charge in [-0.25, -0.2) is 4.39 Å². The van der Waals surface area contributed by atoms with Crippen LogP contribution in [-0.4, -0.2) is 0 Å². The fraction of sp³-hybridized carbons (Fsp3) is 0.143. The Kier molecular flexibility index (Phi) is 2.21. The Balaban J connectivity index is 3.00. The van der Waals surface area contributed by atoms with Gasteiger partial charge in [-0.3, -0.25) is 0 Å². The SMILES string of the molecule is C#Cc1c(F)ccc2cc(C)cc(C)c12. The molecule has 0 N–H and O–H groups in total. The molecule has 2 rings (SSSR count). The standard InChI is InChI=1S/C14H11F/c1-4-12-13(15)6-5-11-8-9(2)7-10(3)14(11)12/h1,5-8H,2-3H3. The number of hydrogen-bond acceptors (Lipinski definition) is 0. The maximum Gasteiger partial charge on any atom is 0.139 e. The molecule has 0 nitrogen and oxygen atoms in total. The summed E-state index contributed by atoms with van der Waals surface area (Å²) in [4.78, 5) is 0. The number of rotatable bonds is 0. The maximum atomic E-state index is 13.5. The van der Waals surface area contributed by atoms with E-state index < -0.39 is 0 Å². The van der Waals surface area contributed by atoms with E-state index in [0.29, 0.717) is 5.56 Å². The summed E-state index contributed by atoms with van der Waals surface area (Å²) >= 11 is 0. The van der Waals surface area contributed by atoms with Crippen LogP contribution in [0.15, 0.2) is 24.3 Å². The van der Waals surface area contributed by atoms with Crippen molar-refractivity contribution in [3.05, 3.63) is 46.8 Å². The van der Waals surface area contributed by atoms with Crippen molar-refractivity contribution in [2.45, 2.75) is 13.8 Å². The van der Waals surface area contributed by atoms with Gasteiger partial charge in [-0.2, -0.15) is 0 Å². The first-order chi connectivity index (χ1) is 7.13. The Hall–Kier alpha value is -1.81. The van der Waals surface area contributed by atoms with Crippen LogP contribution in [0.1, 0.15) is 16.7 Å². The van der Waals surface area contributed by atoms with Crippen molar-refractivity contribution in [1.82, 2.24) is 0 Å². The maximum absolute atomic E-state index is 13.5.